The van der Waals surface area contributed by atoms with Gasteiger partial charge < -0.3 is 5.32 Å². The van der Waals surface area contributed by atoms with Crippen molar-refractivity contribution in [2.75, 3.05) is 5.32 Å². The van der Waals surface area contributed by atoms with Crippen LogP contribution < -0.4 is 5.32 Å². The van der Waals surface area contributed by atoms with Crippen LogP contribution in [0.4, 0.5) is 15.8 Å². The van der Waals surface area contributed by atoms with E-state index in [9.17, 15) is 27.7 Å². The van der Waals surface area contributed by atoms with Crippen molar-refractivity contribution < 1.29 is 22.5 Å². The van der Waals surface area contributed by atoms with Gasteiger partial charge in [-0.05, 0) is 54.6 Å². The number of rotatable bonds is 5. The number of sulfone groups is 1. The predicted octanol–water partition coefficient (Wildman–Crippen LogP) is 3.82. The van der Waals surface area contributed by atoms with E-state index in [1.54, 1.807) is 0 Å². The second kappa shape index (κ2) is 7.57. The van der Waals surface area contributed by atoms with Crippen LogP contribution in [0.25, 0.3) is 0 Å². The fourth-order valence-corrected chi connectivity index (χ4v) is 3.69. The second-order valence-corrected chi connectivity index (χ2v) is 7.69. The summed E-state index contributed by atoms with van der Waals surface area (Å²) in [5, 5.41) is 13.2. The number of nitrogens with zero attached hydrogens (tertiary/aromatic N) is 1. The maximum absolute atomic E-state index is 13.2. The van der Waals surface area contributed by atoms with Gasteiger partial charge in [0.05, 0.1) is 14.7 Å². The molecule has 142 valence electrons. The summed E-state index contributed by atoms with van der Waals surface area (Å²) in [6.45, 7) is 0. The lowest BCUT2D eigenvalue weighted by Gasteiger charge is -2.08. The minimum absolute atomic E-state index is 0.0369. The second-order valence-electron chi connectivity index (χ2n) is 5.74. The summed E-state index contributed by atoms with van der Waals surface area (Å²) in [5.41, 5.74) is 0.244. The molecule has 0 heterocycles. The molecule has 0 saturated carbocycles. The molecule has 28 heavy (non-hydrogen) atoms. The molecule has 7 nitrogen and oxygen atoms in total. The fourth-order valence-electron chi connectivity index (χ4n) is 2.43. The molecule has 0 spiro atoms. The first-order valence-electron chi connectivity index (χ1n) is 7.94. The number of nitro groups is 1. The van der Waals surface area contributed by atoms with Gasteiger partial charge in [-0.25, -0.2) is 12.8 Å². The standard InChI is InChI=1S/C19H13FN2O5S/c20-14-3-1-2-13(12-14)19(23)21-15-4-8-17(9-5-15)28(26,27)18-10-6-16(7-11-18)22(24)25/h1-12H,(H,21,23). The van der Waals surface area contributed by atoms with Crippen LogP contribution in [0, 0.1) is 15.9 Å². The lowest BCUT2D eigenvalue weighted by Crippen LogP contribution is -2.12. The normalized spacial score (nSPS) is 11.0. The molecule has 0 aliphatic rings. The van der Waals surface area contributed by atoms with Gasteiger partial charge >= 0.3 is 0 Å². The highest BCUT2D eigenvalue weighted by Gasteiger charge is 2.19. The van der Waals surface area contributed by atoms with E-state index in [-0.39, 0.29) is 21.0 Å². The summed E-state index contributed by atoms with van der Waals surface area (Å²) in [4.78, 5) is 22.0. The average molecular weight is 400 g/mol. The Balaban J connectivity index is 1.79. The maximum Gasteiger partial charge on any atom is 0.269 e. The average Bonchev–Trinajstić information content (AvgIpc) is 2.68. The first kappa shape index (κ1) is 19.2. The van der Waals surface area contributed by atoms with Gasteiger partial charge in [0.2, 0.25) is 9.84 Å². The summed E-state index contributed by atoms with van der Waals surface area (Å²) >= 11 is 0. The SMILES string of the molecule is O=C(Nc1ccc(S(=O)(=O)c2ccc([N+](=O)[O-])cc2)cc1)c1cccc(F)c1. The van der Waals surface area contributed by atoms with Gasteiger partial charge in [-0.1, -0.05) is 6.07 Å². The van der Waals surface area contributed by atoms with Gasteiger partial charge in [-0.15, -0.1) is 0 Å². The summed E-state index contributed by atoms with van der Waals surface area (Å²) in [6.07, 6.45) is 0. The van der Waals surface area contributed by atoms with Gasteiger partial charge in [-0.2, -0.15) is 0 Å². The molecule has 3 aromatic carbocycles. The Kier molecular flexibility index (Phi) is 5.18. The van der Waals surface area contributed by atoms with Crippen molar-refractivity contribution in [3.8, 4) is 0 Å². The Bertz CT molecular complexity index is 1140. The van der Waals surface area contributed by atoms with Gasteiger partial charge in [0, 0.05) is 23.4 Å². The summed E-state index contributed by atoms with van der Waals surface area (Å²) in [5.74, 6) is -1.08. The molecule has 0 aromatic heterocycles. The third-order valence-corrected chi connectivity index (χ3v) is 5.65. The Morgan fingerprint density at radius 1 is 0.929 bits per heavy atom. The Morgan fingerprint density at radius 3 is 2.04 bits per heavy atom. The van der Waals surface area contributed by atoms with E-state index in [4.69, 9.17) is 0 Å². The van der Waals surface area contributed by atoms with E-state index in [0.717, 1.165) is 30.3 Å². The Morgan fingerprint density at radius 2 is 1.50 bits per heavy atom. The van der Waals surface area contributed by atoms with Gasteiger partial charge in [0.1, 0.15) is 5.82 Å². The first-order valence-corrected chi connectivity index (χ1v) is 9.42. The van der Waals surface area contributed by atoms with Crippen molar-refractivity contribution in [2.45, 2.75) is 9.79 Å². The minimum atomic E-state index is -3.87. The van der Waals surface area contributed by atoms with E-state index in [0.29, 0.717) is 5.69 Å². The number of carbonyl (C=O) groups excluding carboxylic acids is 1. The maximum atomic E-state index is 13.2. The van der Waals surface area contributed by atoms with E-state index in [1.807, 2.05) is 0 Å². The Hall–Kier alpha value is -3.59. The van der Waals surface area contributed by atoms with E-state index in [1.165, 1.54) is 42.5 Å². The number of amides is 1. The highest BCUT2D eigenvalue weighted by atomic mass is 32.2. The minimum Gasteiger partial charge on any atom is -0.322 e. The molecule has 3 aromatic rings. The smallest absolute Gasteiger partial charge is 0.269 e. The van der Waals surface area contributed by atoms with Crippen LogP contribution in [0.15, 0.2) is 82.6 Å². The highest BCUT2D eigenvalue weighted by Crippen LogP contribution is 2.24. The third kappa shape index (κ3) is 4.04. The van der Waals surface area contributed by atoms with Crippen LogP contribution in [0.1, 0.15) is 10.4 Å². The molecule has 9 heteroatoms. The van der Waals surface area contributed by atoms with Crippen LogP contribution in [0.2, 0.25) is 0 Å². The molecule has 0 atom stereocenters. The quantitative estimate of drug-likeness (QED) is 0.518. The summed E-state index contributed by atoms with van der Waals surface area (Å²) in [6, 6.07) is 15.1. The molecule has 0 bridgehead atoms. The van der Waals surface area contributed by atoms with E-state index in [2.05, 4.69) is 5.32 Å². The largest absolute Gasteiger partial charge is 0.322 e. The van der Waals surface area contributed by atoms with Gasteiger partial charge in [0.25, 0.3) is 11.6 Å². The molecular weight excluding hydrogens is 387 g/mol. The first-order chi connectivity index (χ1) is 13.3. The molecule has 0 radical (unpaired) electrons. The number of hydrogen-bond acceptors (Lipinski definition) is 5. The van der Waals surface area contributed by atoms with E-state index >= 15 is 0 Å². The topological polar surface area (TPSA) is 106 Å². The van der Waals surface area contributed by atoms with Crippen molar-refractivity contribution in [3.05, 3.63) is 94.3 Å². The predicted molar refractivity (Wildman–Crippen MR) is 99.3 cm³/mol. The van der Waals surface area contributed by atoms with Crippen LogP contribution in [-0.4, -0.2) is 19.2 Å². The van der Waals surface area contributed by atoms with E-state index < -0.39 is 26.5 Å². The van der Waals surface area contributed by atoms with Crippen molar-refractivity contribution in [1.29, 1.82) is 0 Å². The van der Waals surface area contributed by atoms with Crippen LogP contribution in [-0.2, 0) is 9.84 Å². The number of carbonyl (C=O) groups is 1. The van der Waals surface area contributed by atoms with Crippen LogP contribution >= 0.6 is 0 Å². The molecule has 1 N–H and O–H groups in total. The number of hydrogen-bond donors (Lipinski definition) is 1. The monoisotopic (exact) mass is 400 g/mol. The molecule has 0 saturated heterocycles. The lowest BCUT2D eigenvalue weighted by molar-refractivity contribution is -0.384. The van der Waals surface area contributed by atoms with Crippen molar-refractivity contribution in [2.24, 2.45) is 0 Å². The number of non-ortho nitro benzene ring substituents is 1. The number of nitrogens with one attached hydrogen (secondary N) is 1. The summed E-state index contributed by atoms with van der Waals surface area (Å²) in [7, 11) is -3.87. The zero-order valence-electron chi connectivity index (χ0n) is 14.2. The molecule has 3 rings (SSSR count). The number of halogens is 1. The number of benzene rings is 3. The summed E-state index contributed by atoms with van der Waals surface area (Å²) < 4.78 is 38.4. The zero-order chi connectivity index (χ0) is 20.3. The fraction of sp³-hybridized carbons (Fsp3) is 0. The lowest BCUT2D eigenvalue weighted by atomic mass is 10.2. The zero-order valence-corrected chi connectivity index (χ0v) is 15.0. The van der Waals surface area contributed by atoms with Crippen LogP contribution in [0.5, 0.6) is 0 Å². The molecule has 0 fully saturated rings. The molecular formula is C19H13FN2O5S. The molecule has 0 aliphatic carbocycles. The number of anilines is 1. The molecule has 0 aliphatic heterocycles. The van der Waals surface area contributed by atoms with Gasteiger partial charge in [-0.3, -0.25) is 14.9 Å². The third-order valence-electron chi connectivity index (χ3n) is 3.87. The molecule has 1 amide bonds. The number of nitro benzene ring substituents is 1. The van der Waals surface area contributed by atoms with Crippen LogP contribution in [0.3, 0.4) is 0 Å². The van der Waals surface area contributed by atoms with Crippen molar-refractivity contribution >= 4 is 27.1 Å². The van der Waals surface area contributed by atoms with Crippen molar-refractivity contribution in [3.63, 3.8) is 0 Å². The molecule has 0 unspecified atom stereocenters. The van der Waals surface area contributed by atoms with Gasteiger partial charge in [0.15, 0.2) is 0 Å². The Labute approximate surface area is 159 Å². The van der Waals surface area contributed by atoms with Crippen molar-refractivity contribution in [1.82, 2.24) is 0 Å². The highest BCUT2D eigenvalue weighted by molar-refractivity contribution is 7.91.